The van der Waals surface area contributed by atoms with Crippen LogP contribution in [0.1, 0.15) is 55.1 Å². The molecular formula is C31H35ClN2O. The fourth-order valence-corrected chi connectivity index (χ4v) is 3.52. The maximum Gasteiger partial charge on any atom is 0.159 e. The molecular weight excluding hydrogens is 452 g/mol. The topological polar surface area (TPSA) is 41.5 Å². The number of allylic oxidation sites excluding steroid dienone is 8. The number of anilines is 1. The first-order chi connectivity index (χ1) is 16.8. The fraction of sp³-hybridized carbons (Fsp3) is 0.226. The summed E-state index contributed by atoms with van der Waals surface area (Å²) >= 11 is 6.03. The third kappa shape index (κ3) is 10.2. The zero-order valence-electron chi connectivity index (χ0n) is 21.1. The molecule has 0 spiro atoms. The number of Topliss-reactive ketones (excluding diaryl/α,β-unsaturated/α-hetero) is 1. The molecule has 0 atom stereocenters. The maximum absolute atomic E-state index is 11.3. The monoisotopic (exact) mass is 486 g/mol. The standard InChI is InChI=1S/C21H21ClN2O.C10H14/c1-4-6-21(18-7-5-8-19(22)12-9-18)24-16(3)23-20-13-10-17(11-14-20)15(2)25;1-3-4-10-7-5-9(2)6-8-10/h4-6,8-14H,1,7H2,2-3H3,(H,23,24);5-8H,3-4H2,1-2H3/b21-6-;. The van der Waals surface area contributed by atoms with Crippen LogP contribution in [0, 0.1) is 6.92 Å². The molecule has 0 saturated carbocycles. The minimum Gasteiger partial charge on any atom is -0.344 e. The number of carbonyl (C=O) groups excluding carboxylic acids is 1. The van der Waals surface area contributed by atoms with Crippen LogP contribution in [0.25, 0.3) is 0 Å². The van der Waals surface area contributed by atoms with Crippen LogP contribution < -0.4 is 5.32 Å². The Morgan fingerprint density at radius 1 is 1.09 bits per heavy atom. The molecule has 182 valence electrons. The van der Waals surface area contributed by atoms with Gasteiger partial charge in [-0.05, 0) is 87.2 Å². The zero-order valence-corrected chi connectivity index (χ0v) is 21.9. The number of ketones is 1. The number of hydrogen-bond donors (Lipinski definition) is 1. The van der Waals surface area contributed by atoms with Crippen LogP contribution in [0.15, 0.2) is 113 Å². The lowest BCUT2D eigenvalue weighted by Crippen LogP contribution is -2.08. The highest BCUT2D eigenvalue weighted by atomic mass is 35.5. The zero-order chi connectivity index (χ0) is 25.6. The van der Waals surface area contributed by atoms with Gasteiger partial charge < -0.3 is 5.32 Å². The van der Waals surface area contributed by atoms with E-state index in [9.17, 15) is 4.79 Å². The van der Waals surface area contributed by atoms with Crippen LogP contribution in [-0.2, 0) is 6.42 Å². The fourth-order valence-electron chi connectivity index (χ4n) is 3.37. The molecule has 3 rings (SSSR count). The highest BCUT2D eigenvalue weighted by molar-refractivity contribution is 6.31. The van der Waals surface area contributed by atoms with Crippen LogP contribution in [0.2, 0.25) is 0 Å². The Bertz CT molecular complexity index is 1150. The average Bonchev–Trinajstić information content (AvgIpc) is 3.05. The van der Waals surface area contributed by atoms with Gasteiger partial charge in [-0.25, -0.2) is 4.99 Å². The van der Waals surface area contributed by atoms with Gasteiger partial charge in [0.1, 0.15) is 5.84 Å². The van der Waals surface area contributed by atoms with Crippen molar-refractivity contribution >= 4 is 28.9 Å². The van der Waals surface area contributed by atoms with E-state index in [4.69, 9.17) is 11.6 Å². The number of amidine groups is 1. The SMILES string of the molecule is C=C/C=C(\N=C(C)Nc1ccc(C(C)=O)cc1)C1=CC=C(Cl)C=CC1.CCCc1ccc(C)cc1. The molecule has 3 nitrogen and oxygen atoms in total. The Hall–Kier alpha value is -3.43. The Morgan fingerprint density at radius 3 is 2.37 bits per heavy atom. The number of hydrogen-bond acceptors (Lipinski definition) is 2. The molecule has 1 aliphatic rings. The minimum absolute atomic E-state index is 0.0493. The molecule has 0 bridgehead atoms. The molecule has 0 fully saturated rings. The van der Waals surface area contributed by atoms with Crippen molar-refractivity contribution in [2.45, 2.75) is 47.0 Å². The van der Waals surface area contributed by atoms with E-state index in [1.165, 1.54) is 24.0 Å². The number of nitrogens with one attached hydrogen (secondary N) is 1. The van der Waals surface area contributed by atoms with Crippen molar-refractivity contribution in [2.75, 3.05) is 5.32 Å². The predicted octanol–water partition coefficient (Wildman–Crippen LogP) is 8.75. The van der Waals surface area contributed by atoms with E-state index < -0.39 is 0 Å². The molecule has 1 aliphatic carbocycles. The largest absolute Gasteiger partial charge is 0.344 e. The summed E-state index contributed by atoms with van der Waals surface area (Å²) in [5.41, 5.74) is 6.24. The summed E-state index contributed by atoms with van der Waals surface area (Å²) in [6.45, 7) is 11.5. The summed E-state index contributed by atoms with van der Waals surface area (Å²) in [4.78, 5) is 16.0. The number of carbonyl (C=O) groups is 1. The lowest BCUT2D eigenvalue weighted by molar-refractivity contribution is 0.101. The maximum atomic E-state index is 11.3. The third-order valence-corrected chi connectivity index (χ3v) is 5.48. The van der Waals surface area contributed by atoms with Gasteiger partial charge in [0.25, 0.3) is 0 Å². The van der Waals surface area contributed by atoms with Gasteiger partial charge in [0, 0.05) is 16.3 Å². The smallest absolute Gasteiger partial charge is 0.159 e. The van der Waals surface area contributed by atoms with Crippen molar-refractivity contribution < 1.29 is 4.79 Å². The van der Waals surface area contributed by atoms with E-state index in [1.54, 1.807) is 25.1 Å². The van der Waals surface area contributed by atoms with Crippen molar-refractivity contribution in [1.82, 2.24) is 0 Å². The van der Waals surface area contributed by atoms with Gasteiger partial charge in [-0.15, -0.1) is 0 Å². The Morgan fingerprint density at radius 2 is 1.77 bits per heavy atom. The van der Waals surface area contributed by atoms with Crippen LogP contribution in [-0.4, -0.2) is 11.6 Å². The normalized spacial score (nSPS) is 13.6. The molecule has 4 heteroatoms. The Labute approximate surface area is 215 Å². The number of aryl methyl sites for hydroxylation is 2. The van der Waals surface area contributed by atoms with Crippen molar-refractivity contribution in [3.05, 3.63) is 125 Å². The number of benzene rings is 2. The molecule has 2 aromatic carbocycles. The highest BCUT2D eigenvalue weighted by Gasteiger charge is 2.06. The summed E-state index contributed by atoms with van der Waals surface area (Å²) in [7, 11) is 0. The van der Waals surface area contributed by atoms with Crippen molar-refractivity contribution in [3.8, 4) is 0 Å². The van der Waals surface area contributed by atoms with Crippen molar-refractivity contribution in [2.24, 2.45) is 4.99 Å². The summed E-state index contributed by atoms with van der Waals surface area (Å²) < 4.78 is 0. The van der Waals surface area contributed by atoms with Gasteiger partial charge >= 0.3 is 0 Å². The average molecular weight is 487 g/mol. The van der Waals surface area contributed by atoms with Gasteiger partial charge in [0.15, 0.2) is 5.78 Å². The second kappa shape index (κ2) is 14.7. The molecule has 0 radical (unpaired) electrons. The molecule has 0 heterocycles. The number of halogens is 1. The van der Waals surface area contributed by atoms with E-state index in [1.807, 2.05) is 49.4 Å². The first kappa shape index (κ1) is 27.8. The van der Waals surface area contributed by atoms with Crippen LogP contribution >= 0.6 is 11.6 Å². The van der Waals surface area contributed by atoms with E-state index in [0.717, 1.165) is 29.2 Å². The molecule has 0 amide bonds. The first-order valence-corrected chi connectivity index (χ1v) is 12.2. The quantitative estimate of drug-likeness (QED) is 0.184. The van der Waals surface area contributed by atoms with Crippen LogP contribution in [0.3, 0.4) is 0 Å². The summed E-state index contributed by atoms with van der Waals surface area (Å²) in [5.74, 6) is 0.793. The van der Waals surface area contributed by atoms with Gasteiger partial charge in [0.05, 0.1) is 5.70 Å². The van der Waals surface area contributed by atoms with Crippen LogP contribution in [0.5, 0.6) is 0 Å². The highest BCUT2D eigenvalue weighted by Crippen LogP contribution is 2.22. The minimum atomic E-state index is 0.0493. The second-order valence-corrected chi connectivity index (χ2v) is 8.77. The molecule has 0 aromatic heterocycles. The van der Waals surface area contributed by atoms with Gasteiger partial charge in [0.2, 0.25) is 0 Å². The van der Waals surface area contributed by atoms with E-state index in [-0.39, 0.29) is 5.78 Å². The molecule has 2 aromatic rings. The number of nitrogens with zero attached hydrogens (tertiary/aromatic N) is 1. The van der Waals surface area contributed by atoms with Crippen LogP contribution in [0.4, 0.5) is 5.69 Å². The number of aliphatic imine (C=N–C) groups is 1. The summed E-state index contributed by atoms with van der Waals surface area (Å²) in [6, 6.07) is 16.1. The third-order valence-electron chi connectivity index (χ3n) is 5.23. The summed E-state index contributed by atoms with van der Waals surface area (Å²) in [5, 5.41) is 3.93. The van der Waals surface area contributed by atoms with E-state index in [0.29, 0.717) is 10.6 Å². The molecule has 0 unspecified atom stereocenters. The predicted molar refractivity (Wildman–Crippen MR) is 152 cm³/mol. The molecule has 0 aliphatic heterocycles. The number of rotatable bonds is 7. The van der Waals surface area contributed by atoms with Gasteiger partial charge in [-0.3, -0.25) is 4.79 Å². The Kier molecular flexibility index (Phi) is 11.7. The second-order valence-electron chi connectivity index (χ2n) is 8.33. The molecule has 35 heavy (non-hydrogen) atoms. The van der Waals surface area contributed by atoms with Crippen molar-refractivity contribution in [3.63, 3.8) is 0 Å². The Balaban J connectivity index is 0.000000360. The lowest BCUT2D eigenvalue weighted by Gasteiger charge is -2.09. The molecule has 1 N–H and O–H groups in total. The van der Waals surface area contributed by atoms with E-state index in [2.05, 4.69) is 55.0 Å². The molecule has 0 saturated heterocycles. The van der Waals surface area contributed by atoms with E-state index >= 15 is 0 Å². The first-order valence-electron chi connectivity index (χ1n) is 11.9. The van der Waals surface area contributed by atoms with Crippen molar-refractivity contribution in [1.29, 1.82) is 0 Å². The van der Waals surface area contributed by atoms with Gasteiger partial charge in [-0.1, -0.05) is 79.6 Å². The lowest BCUT2D eigenvalue weighted by atomic mass is 10.1. The summed E-state index contributed by atoms with van der Waals surface area (Å²) in [6.07, 6.45) is 14.5. The van der Waals surface area contributed by atoms with Gasteiger partial charge in [-0.2, -0.15) is 0 Å².